The van der Waals surface area contributed by atoms with Crippen molar-refractivity contribution in [3.63, 3.8) is 0 Å². The summed E-state index contributed by atoms with van der Waals surface area (Å²) in [5.41, 5.74) is 3.70. The van der Waals surface area contributed by atoms with Gasteiger partial charge in [-0.25, -0.2) is 0 Å². The van der Waals surface area contributed by atoms with Crippen molar-refractivity contribution in [3.8, 4) is 5.75 Å². The fourth-order valence-corrected chi connectivity index (χ4v) is 2.96. The molecular formula is C17H22N2O2. The lowest BCUT2D eigenvalue weighted by Crippen LogP contribution is -2.24. The van der Waals surface area contributed by atoms with E-state index in [0.717, 1.165) is 23.7 Å². The van der Waals surface area contributed by atoms with Crippen LogP contribution in [0.2, 0.25) is 0 Å². The Morgan fingerprint density at radius 2 is 2.29 bits per heavy atom. The molecule has 112 valence electrons. The molecule has 2 aromatic rings. The fourth-order valence-electron chi connectivity index (χ4n) is 2.96. The molecule has 21 heavy (non-hydrogen) atoms. The Morgan fingerprint density at radius 3 is 3.05 bits per heavy atom. The molecule has 0 spiro atoms. The van der Waals surface area contributed by atoms with Gasteiger partial charge in [-0.2, -0.15) is 0 Å². The van der Waals surface area contributed by atoms with Crippen LogP contribution in [-0.2, 0) is 13.0 Å². The highest BCUT2D eigenvalue weighted by molar-refractivity contribution is 5.39. The average molecular weight is 286 g/mol. The van der Waals surface area contributed by atoms with E-state index >= 15 is 0 Å². The lowest BCUT2D eigenvalue weighted by Gasteiger charge is -2.26. The third-order valence-electron chi connectivity index (χ3n) is 3.94. The van der Waals surface area contributed by atoms with Gasteiger partial charge < -0.3 is 14.6 Å². The molecule has 0 fully saturated rings. The van der Waals surface area contributed by atoms with Crippen LogP contribution in [0.15, 0.2) is 28.8 Å². The minimum absolute atomic E-state index is 0.422. The third kappa shape index (κ3) is 3.27. The molecule has 0 bridgehead atoms. The van der Waals surface area contributed by atoms with Gasteiger partial charge >= 0.3 is 0 Å². The van der Waals surface area contributed by atoms with Crippen molar-refractivity contribution in [1.82, 2.24) is 10.5 Å². The number of fused-ring (bicyclic) bond motifs is 1. The van der Waals surface area contributed by atoms with Gasteiger partial charge in [-0.1, -0.05) is 18.1 Å². The Bertz CT molecular complexity index is 607. The molecule has 0 saturated heterocycles. The normalized spacial score (nSPS) is 17.5. The summed E-state index contributed by atoms with van der Waals surface area (Å²) in [4.78, 5) is 0. The largest absolute Gasteiger partial charge is 0.486 e. The number of ether oxygens (including phenoxy) is 1. The predicted octanol–water partition coefficient (Wildman–Crippen LogP) is 3.55. The van der Waals surface area contributed by atoms with Crippen molar-refractivity contribution in [2.45, 2.75) is 45.8 Å². The van der Waals surface area contributed by atoms with Crippen LogP contribution in [0.5, 0.6) is 5.75 Å². The number of benzene rings is 1. The molecule has 0 saturated carbocycles. The van der Waals surface area contributed by atoms with Gasteiger partial charge in [-0.3, -0.25) is 0 Å². The van der Waals surface area contributed by atoms with Crippen LogP contribution in [0.1, 0.15) is 48.4 Å². The highest BCUT2D eigenvalue weighted by atomic mass is 16.5. The minimum Gasteiger partial charge on any atom is -0.486 e. The van der Waals surface area contributed by atoms with Crippen molar-refractivity contribution in [2.24, 2.45) is 0 Å². The molecule has 1 aliphatic rings. The van der Waals surface area contributed by atoms with E-state index in [0.29, 0.717) is 12.6 Å². The summed E-state index contributed by atoms with van der Waals surface area (Å²) in [5, 5.41) is 7.43. The van der Waals surface area contributed by atoms with E-state index in [1.54, 1.807) is 0 Å². The Morgan fingerprint density at radius 1 is 1.38 bits per heavy atom. The monoisotopic (exact) mass is 286 g/mol. The molecule has 1 unspecified atom stereocenters. The van der Waals surface area contributed by atoms with Crippen molar-refractivity contribution >= 4 is 0 Å². The highest BCUT2D eigenvalue weighted by Crippen LogP contribution is 2.32. The maximum Gasteiger partial charge on any atom is 0.174 e. The maximum absolute atomic E-state index is 5.84. The second-order valence-corrected chi connectivity index (χ2v) is 5.59. The Kier molecular flexibility index (Phi) is 4.25. The first-order valence-corrected chi connectivity index (χ1v) is 7.67. The molecule has 3 rings (SSSR count). The van der Waals surface area contributed by atoms with Crippen LogP contribution in [0, 0.1) is 6.92 Å². The van der Waals surface area contributed by atoms with E-state index in [4.69, 9.17) is 9.26 Å². The molecule has 4 heteroatoms. The van der Waals surface area contributed by atoms with Gasteiger partial charge in [0.15, 0.2) is 5.76 Å². The van der Waals surface area contributed by atoms with Gasteiger partial charge in [-0.05, 0) is 56.0 Å². The second kappa shape index (κ2) is 6.31. The Balaban J connectivity index is 1.73. The smallest absolute Gasteiger partial charge is 0.174 e. The first kappa shape index (κ1) is 14.1. The highest BCUT2D eigenvalue weighted by Gasteiger charge is 2.19. The summed E-state index contributed by atoms with van der Waals surface area (Å²) in [6.07, 6.45) is 3.62. The third-order valence-corrected chi connectivity index (χ3v) is 3.94. The molecule has 1 N–H and O–H groups in total. The van der Waals surface area contributed by atoms with E-state index in [1.165, 1.54) is 30.4 Å². The van der Waals surface area contributed by atoms with Crippen molar-refractivity contribution < 1.29 is 9.26 Å². The number of aromatic nitrogens is 1. The molecule has 1 atom stereocenters. The molecule has 0 radical (unpaired) electrons. The van der Waals surface area contributed by atoms with Gasteiger partial charge in [-0.15, -0.1) is 0 Å². The van der Waals surface area contributed by atoms with Crippen molar-refractivity contribution in [1.29, 1.82) is 0 Å². The zero-order valence-corrected chi connectivity index (χ0v) is 12.7. The van der Waals surface area contributed by atoms with Crippen LogP contribution in [0.3, 0.4) is 0 Å². The van der Waals surface area contributed by atoms with Crippen LogP contribution in [-0.4, -0.2) is 11.7 Å². The first-order chi connectivity index (χ1) is 10.3. The predicted molar refractivity (Wildman–Crippen MR) is 81.4 cm³/mol. The molecule has 1 aromatic carbocycles. The number of aryl methyl sites for hydroxylation is 2. The number of hydrogen-bond donors (Lipinski definition) is 1. The molecular weight excluding hydrogens is 264 g/mol. The first-order valence-electron chi connectivity index (χ1n) is 7.67. The maximum atomic E-state index is 5.84. The zero-order valence-electron chi connectivity index (χ0n) is 12.7. The molecule has 1 heterocycles. The fraction of sp³-hybridized carbons (Fsp3) is 0.471. The molecule has 0 amide bonds. The summed E-state index contributed by atoms with van der Waals surface area (Å²) in [5.74, 6) is 1.65. The van der Waals surface area contributed by atoms with Crippen LogP contribution in [0.25, 0.3) is 0 Å². The Hall–Kier alpha value is -1.81. The van der Waals surface area contributed by atoms with E-state index in [-0.39, 0.29) is 0 Å². The van der Waals surface area contributed by atoms with E-state index < -0.39 is 0 Å². The average Bonchev–Trinajstić information content (AvgIpc) is 2.91. The van der Waals surface area contributed by atoms with E-state index in [9.17, 15) is 0 Å². The lowest BCUT2D eigenvalue weighted by atomic mass is 9.87. The lowest BCUT2D eigenvalue weighted by molar-refractivity contribution is 0.248. The molecule has 4 nitrogen and oxygen atoms in total. The number of hydrogen-bond acceptors (Lipinski definition) is 4. The Labute approximate surface area is 125 Å². The van der Waals surface area contributed by atoms with Crippen LogP contribution >= 0.6 is 0 Å². The summed E-state index contributed by atoms with van der Waals surface area (Å²) in [6.45, 7) is 5.48. The summed E-state index contributed by atoms with van der Waals surface area (Å²) >= 11 is 0. The quantitative estimate of drug-likeness (QED) is 0.913. The van der Waals surface area contributed by atoms with Gasteiger partial charge in [0.2, 0.25) is 0 Å². The van der Waals surface area contributed by atoms with Crippen LogP contribution < -0.4 is 10.1 Å². The number of nitrogens with zero attached hydrogens (tertiary/aromatic N) is 1. The topological polar surface area (TPSA) is 47.3 Å². The standard InChI is InChI=1S/C17H22N2O2/c1-3-18-17-6-4-5-13-7-8-14(10-16(13)17)20-11-15-9-12(2)19-21-15/h7-10,17-18H,3-6,11H2,1-2H3. The minimum atomic E-state index is 0.422. The van der Waals surface area contributed by atoms with Gasteiger partial charge in [0, 0.05) is 12.1 Å². The van der Waals surface area contributed by atoms with Crippen molar-refractivity contribution in [3.05, 3.63) is 46.8 Å². The zero-order chi connectivity index (χ0) is 14.7. The van der Waals surface area contributed by atoms with Gasteiger partial charge in [0.25, 0.3) is 0 Å². The van der Waals surface area contributed by atoms with Gasteiger partial charge in [0.05, 0.1) is 5.69 Å². The SMILES string of the molecule is CCNC1CCCc2ccc(OCc3cc(C)no3)cc21. The summed E-state index contributed by atoms with van der Waals surface area (Å²) in [6, 6.07) is 8.77. The summed E-state index contributed by atoms with van der Waals surface area (Å²) in [7, 11) is 0. The van der Waals surface area contributed by atoms with Crippen molar-refractivity contribution in [2.75, 3.05) is 6.54 Å². The van der Waals surface area contributed by atoms with E-state index in [1.807, 2.05) is 13.0 Å². The number of rotatable bonds is 5. The number of nitrogens with one attached hydrogen (secondary N) is 1. The second-order valence-electron chi connectivity index (χ2n) is 5.59. The van der Waals surface area contributed by atoms with Gasteiger partial charge in [0.1, 0.15) is 12.4 Å². The van der Waals surface area contributed by atoms with E-state index in [2.05, 4.69) is 35.6 Å². The molecule has 1 aromatic heterocycles. The molecule has 0 aliphatic heterocycles. The van der Waals surface area contributed by atoms with Crippen LogP contribution in [0.4, 0.5) is 0 Å². The molecule has 1 aliphatic carbocycles. The summed E-state index contributed by atoms with van der Waals surface area (Å²) < 4.78 is 11.0.